The molecule has 0 atom stereocenters. The van der Waals surface area contributed by atoms with Gasteiger partial charge in [0, 0.05) is 0 Å². The zero-order valence-corrected chi connectivity index (χ0v) is 18.4. The fourth-order valence-electron chi connectivity index (χ4n) is 0.963. The van der Waals surface area contributed by atoms with E-state index in [1.807, 2.05) is 0 Å². The Balaban J connectivity index is -0.0000000860. The average Bonchev–Trinajstić information content (AvgIpc) is 2.61. The standard InChI is InChI=1S/C7H12Br.2C4H9.Li.Zn/c1-6(2)5(8)7(6,3)4;2*1-3-4-2;;/h1-4H3;2*1,3-4H2,2H3;;/q3*-1;+1;+2. The topological polar surface area (TPSA) is 0 Å². The van der Waals surface area contributed by atoms with Crippen molar-refractivity contribution in [2.45, 2.75) is 67.2 Å². The van der Waals surface area contributed by atoms with E-state index in [2.05, 4.69) is 71.3 Å². The van der Waals surface area contributed by atoms with Gasteiger partial charge in [-0.05, 0) is 0 Å². The predicted molar refractivity (Wildman–Crippen MR) is 80.3 cm³/mol. The third kappa shape index (κ3) is 9.58. The summed E-state index contributed by atoms with van der Waals surface area (Å²) in [7, 11) is 0. The molecule has 1 saturated carbocycles. The fraction of sp³-hybridized carbons (Fsp3) is 0.800. The van der Waals surface area contributed by atoms with E-state index in [1.54, 1.807) is 0 Å². The number of rotatable bonds is 2. The second-order valence-electron chi connectivity index (χ2n) is 5.27. The molecule has 0 amide bonds. The normalized spacial score (nSPS) is 17.8. The van der Waals surface area contributed by atoms with Gasteiger partial charge in [0.25, 0.3) is 0 Å². The number of hydrogen-bond acceptors (Lipinski definition) is 0. The van der Waals surface area contributed by atoms with Crippen LogP contribution in [0, 0.1) is 29.5 Å². The van der Waals surface area contributed by atoms with Crippen molar-refractivity contribution in [3.8, 4) is 0 Å². The van der Waals surface area contributed by atoms with E-state index in [0.29, 0.717) is 10.8 Å². The van der Waals surface area contributed by atoms with Crippen molar-refractivity contribution in [1.29, 1.82) is 0 Å². The average molecular weight is 363 g/mol. The van der Waals surface area contributed by atoms with Gasteiger partial charge in [-0.15, -0.1) is 0 Å². The van der Waals surface area contributed by atoms with E-state index in [9.17, 15) is 0 Å². The second-order valence-corrected chi connectivity index (χ2v) is 6.06. The quantitative estimate of drug-likeness (QED) is 0.523. The van der Waals surface area contributed by atoms with E-state index in [-0.39, 0.29) is 38.3 Å². The van der Waals surface area contributed by atoms with Gasteiger partial charge in [-0.3, -0.25) is 0 Å². The van der Waals surface area contributed by atoms with Crippen LogP contribution in [-0.4, -0.2) is 0 Å². The van der Waals surface area contributed by atoms with E-state index < -0.39 is 0 Å². The van der Waals surface area contributed by atoms with Gasteiger partial charge >= 0.3 is 38.3 Å². The molecular weight excluding hydrogens is 332 g/mol. The van der Waals surface area contributed by atoms with E-state index in [4.69, 9.17) is 0 Å². The predicted octanol–water partition coefficient (Wildman–Crippen LogP) is 3.22. The van der Waals surface area contributed by atoms with Gasteiger partial charge in [-0.25, -0.2) is 4.83 Å². The van der Waals surface area contributed by atoms with Crippen molar-refractivity contribution in [2.75, 3.05) is 0 Å². The van der Waals surface area contributed by atoms with Crippen molar-refractivity contribution < 1.29 is 38.3 Å². The van der Waals surface area contributed by atoms with Crippen LogP contribution in [0.25, 0.3) is 0 Å². The summed E-state index contributed by atoms with van der Waals surface area (Å²) in [5.74, 6) is 0. The molecule has 0 aliphatic heterocycles. The fourth-order valence-corrected chi connectivity index (χ4v) is 1.85. The molecule has 0 aromatic heterocycles. The molecule has 0 aromatic carbocycles. The molecule has 1 rings (SSSR count). The summed E-state index contributed by atoms with van der Waals surface area (Å²) in [6.07, 6.45) is 4.56. The van der Waals surface area contributed by atoms with Crippen LogP contribution >= 0.6 is 15.9 Å². The first kappa shape index (κ1) is 27.9. The summed E-state index contributed by atoms with van der Waals surface area (Å²) in [5, 5.41) is 0. The molecule has 1 aliphatic rings. The second kappa shape index (κ2) is 13.7. The number of unbranched alkanes of at least 4 members (excludes halogenated alkanes) is 2. The summed E-state index contributed by atoms with van der Waals surface area (Å²) < 4.78 is 0. The van der Waals surface area contributed by atoms with Crippen LogP contribution in [0.3, 0.4) is 0 Å². The van der Waals surface area contributed by atoms with Crippen molar-refractivity contribution >= 4 is 15.9 Å². The van der Waals surface area contributed by atoms with Crippen molar-refractivity contribution in [3.63, 3.8) is 0 Å². The Morgan fingerprint density at radius 3 is 1.00 bits per heavy atom. The molecular formula is C15H30BrLiZn. The molecule has 0 unspecified atom stereocenters. The summed E-state index contributed by atoms with van der Waals surface area (Å²) >= 11 is 3.54. The van der Waals surface area contributed by atoms with Gasteiger partial charge in [0.05, 0.1) is 0 Å². The third-order valence-corrected chi connectivity index (χ3v) is 5.29. The van der Waals surface area contributed by atoms with Gasteiger partial charge in [-0.2, -0.15) is 23.7 Å². The van der Waals surface area contributed by atoms with Gasteiger partial charge in [0.2, 0.25) is 0 Å². The molecule has 0 nitrogen and oxygen atoms in total. The minimum absolute atomic E-state index is 0. The van der Waals surface area contributed by atoms with Crippen molar-refractivity contribution in [2.24, 2.45) is 10.8 Å². The monoisotopic (exact) mass is 360 g/mol. The Kier molecular flexibility index (Phi) is 21.2. The Labute approximate surface area is 150 Å². The van der Waals surface area contributed by atoms with Crippen LogP contribution < -0.4 is 18.9 Å². The molecule has 3 heteroatoms. The largest absolute Gasteiger partial charge is 2.00 e. The molecule has 0 saturated heterocycles. The summed E-state index contributed by atoms with van der Waals surface area (Å²) in [6, 6.07) is 0. The van der Waals surface area contributed by atoms with Crippen LogP contribution in [-0.2, 0) is 19.5 Å². The molecule has 1 aliphatic carbocycles. The maximum Gasteiger partial charge on any atom is 2.00 e. The van der Waals surface area contributed by atoms with E-state index >= 15 is 0 Å². The van der Waals surface area contributed by atoms with Gasteiger partial charge in [0.1, 0.15) is 0 Å². The summed E-state index contributed by atoms with van der Waals surface area (Å²) in [4.78, 5) is 1.46. The van der Waals surface area contributed by atoms with Crippen LogP contribution in [0.15, 0.2) is 0 Å². The third-order valence-electron chi connectivity index (χ3n) is 3.30. The van der Waals surface area contributed by atoms with Crippen LogP contribution in [0.2, 0.25) is 0 Å². The molecule has 18 heavy (non-hydrogen) atoms. The molecule has 100 valence electrons. The molecule has 0 aromatic rings. The summed E-state index contributed by atoms with van der Waals surface area (Å²) in [5.41, 5.74) is 0.875. The number of halogens is 1. The van der Waals surface area contributed by atoms with Gasteiger partial charge < -0.3 is 29.8 Å². The summed E-state index contributed by atoms with van der Waals surface area (Å²) in [6.45, 7) is 20.5. The molecule has 1 fully saturated rings. The van der Waals surface area contributed by atoms with Crippen LogP contribution in [0.5, 0.6) is 0 Å². The molecule has 0 radical (unpaired) electrons. The first-order chi connectivity index (χ1) is 7.23. The van der Waals surface area contributed by atoms with Gasteiger partial charge in [0.15, 0.2) is 0 Å². The molecule has 0 spiro atoms. The van der Waals surface area contributed by atoms with Crippen LogP contribution in [0.4, 0.5) is 0 Å². The first-order valence-corrected chi connectivity index (χ1v) is 7.15. The molecule has 0 bridgehead atoms. The zero-order valence-electron chi connectivity index (χ0n) is 13.8. The SMILES string of the molecule is CC1(C)[C-](Br)C1(C)C.[CH2-]CCC.[CH2-]CCC.[Li+].[Zn+2]. The van der Waals surface area contributed by atoms with E-state index in [0.717, 1.165) is 12.8 Å². The van der Waals surface area contributed by atoms with Crippen molar-refractivity contribution in [3.05, 3.63) is 18.7 Å². The zero-order chi connectivity index (χ0) is 13.4. The Hall–Kier alpha value is 1.70. The molecule has 0 heterocycles. The Bertz CT molecular complexity index is 148. The molecule has 0 N–H and O–H groups in total. The minimum Gasteiger partial charge on any atom is -0.343 e. The smallest absolute Gasteiger partial charge is 0.343 e. The van der Waals surface area contributed by atoms with Gasteiger partial charge in [-0.1, -0.05) is 54.4 Å². The minimum atomic E-state index is 0. The Morgan fingerprint density at radius 1 is 0.889 bits per heavy atom. The first-order valence-electron chi connectivity index (χ1n) is 6.35. The van der Waals surface area contributed by atoms with Crippen LogP contribution in [0.1, 0.15) is 67.2 Å². The van der Waals surface area contributed by atoms with E-state index in [1.165, 1.54) is 17.7 Å². The Morgan fingerprint density at radius 2 is 1.00 bits per heavy atom. The maximum atomic E-state index is 3.60. The maximum absolute atomic E-state index is 3.60. The van der Waals surface area contributed by atoms with Crippen molar-refractivity contribution in [1.82, 2.24) is 0 Å². The number of hydrogen-bond donors (Lipinski definition) is 0.